The Morgan fingerprint density at radius 2 is 1.65 bits per heavy atom. The van der Waals surface area contributed by atoms with E-state index < -0.39 is 72.1 Å². The summed E-state index contributed by atoms with van der Waals surface area (Å²) in [6, 6.07) is -0.940. The maximum Gasteiger partial charge on any atom is 0.421 e. The summed E-state index contributed by atoms with van der Waals surface area (Å²) in [6.07, 6.45) is -9.23. The van der Waals surface area contributed by atoms with Crippen molar-refractivity contribution in [1.29, 1.82) is 0 Å². The molecular formula is C20H19F8N7O2. The minimum atomic E-state index is -5.02. The number of nitrogens with zero attached hydrogens (tertiary/aromatic N) is 6. The van der Waals surface area contributed by atoms with E-state index in [0.29, 0.717) is 18.5 Å². The van der Waals surface area contributed by atoms with Crippen molar-refractivity contribution in [3.05, 3.63) is 45.6 Å². The molecule has 17 heteroatoms. The molecule has 2 aromatic rings. The van der Waals surface area contributed by atoms with Gasteiger partial charge in [-0.15, -0.1) is 0 Å². The van der Waals surface area contributed by atoms with Crippen molar-refractivity contribution in [2.24, 2.45) is 0 Å². The van der Waals surface area contributed by atoms with Gasteiger partial charge in [0.25, 0.3) is 11.5 Å². The molecule has 2 saturated heterocycles. The zero-order valence-corrected chi connectivity index (χ0v) is 18.8. The third-order valence-corrected chi connectivity index (χ3v) is 6.06. The highest BCUT2D eigenvalue weighted by Crippen LogP contribution is 2.41. The van der Waals surface area contributed by atoms with Crippen molar-refractivity contribution in [2.45, 2.75) is 30.7 Å². The first kappa shape index (κ1) is 26.7. The Labute approximate surface area is 203 Å². The molecule has 0 spiro atoms. The Morgan fingerprint density at radius 3 is 2.22 bits per heavy atom. The van der Waals surface area contributed by atoms with Crippen LogP contribution in [-0.4, -0.2) is 81.1 Å². The molecule has 0 aliphatic carbocycles. The first-order valence-electron chi connectivity index (χ1n) is 10.8. The Balaban J connectivity index is 1.41. The Bertz CT molecular complexity index is 1190. The van der Waals surface area contributed by atoms with Crippen LogP contribution >= 0.6 is 0 Å². The molecule has 2 aromatic heterocycles. The number of H-pyrrole nitrogens is 1. The predicted octanol–water partition coefficient (Wildman–Crippen LogP) is 2.33. The second-order valence-electron chi connectivity index (χ2n) is 8.65. The average molecular weight is 541 g/mol. The number of piperazine rings is 1. The van der Waals surface area contributed by atoms with Gasteiger partial charge in [-0.1, -0.05) is 0 Å². The standard InChI is InChI=1S/C20H19F8N7O2/c21-18(22)6-14(13-5-12(20(26,27)28)16(37)32-31-13)35(10-18)9-15(36)33-1-3-34(4-2-33)17-29-7-11(8-30-17)19(23,24)25/h5,7-8,14H,1-4,6,9-10H2,(H,32,37)/t14-/m0/s1. The Morgan fingerprint density at radius 1 is 1.03 bits per heavy atom. The molecule has 1 N–H and O–H groups in total. The van der Waals surface area contributed by atoms with Crippen LogP contribution in [0.15, 0.2) is 23.3 Å². The van der Waals surface area contributed by atoms with E-state index in [4.69, 9.17) is 0 Å². The molecule has 37 heavy (non-hydrogen) atoms. The van der Waals surface area contributed by atoms with Crippen LogP contribution in [0.2, 0.25) is 0 Å². The van der Waals surface area contributed by atoms with Gasteiger partial charge in [0.1, 0.15) is 5.56 Å². The number of nitrogens with one attached hydrogen (secondary N) is 1. The number of anilines is 1. The smallest absolute Gasteiger partial charge is 0.338 e. The summed E-state index contributed by atoms with van der Waals surface area (Å²) in [5, 5.41) is 5.18. The van der Waals surface area contributed by atoms with Crippen molar-refractivity contribution >= 4 is 11.9 Å². The lowest BCUT2D eigenvalue weighted by molar-refractivity contribution is -0.139. The second-order valence-corrected chi connectivity index (χ2v) is 8.65. The molecule has 2 fully saturated rings. The number of carbonyl (C=O) groups is 1. The van der Waals surface area contributed by atoms with Gasteiger partial charge in [0.05, 0.1) is 30.4 Å². The fourth-order valence-electron chi connectivity index (χ4n) is 4.20. The monoisotopic (exact) mass is 541 g/mol. The number of carbonyl (C=O) groups excluding carboxylic acids is 1. The normalized spacial score (nSPS) is 20.9. The third kappa shape index (κ3) is 5.97. The van der Waals surface area contributed by atoms with Crippen LogP contribution in [0.5, 0.6) is 0 Å². The lowest BCUT2D eigenvalue weighted by atomic mass is 10.1. The number of rotatable bonds is 4. The molecule has 2 aliphatic heterocycles. The van der Waals surface area contributed by atoms with Crippen molar-refractivity contribution < 1.29 is 39.9 Å². The minimum Gasteiger partial charge on any atom is -0.338 e. The number of hydrogen-bond acceptors (Lipinski definition) is 7. The van der Waals surface area contributed by atoms with Crippen LogP contribution in [0.3, 0.4) is 0 Å². The summed E-state index contributed by atoms with van der Waals surface area (Å²) in [5.74, 6) is -3.85. The number of alkyl halides is 8. The fourth-order valence-corrected chi connectivity index (χ4v) is 4.20. The molecule has 4 rings (SSSR count). The lowest BCUT2D eigenvalue weighted by Crippen LogP contribution is -2.51. The summed E-state index contributed by atoms with van der Waals surface area (Å²) in [6.45, 7) is -0.940. The summed E-state index contributed by atoms with van der Waals surface area (Å²) >= 11 is 0. The number of amides is 1. The molecule has 9 nitrogen and oxygen atoms in total. The van der Waals surface area contributed by atoms with E-state index in [1.54, 1.807) is 10.00 Å². The first-order valence-corrected chi connectivity index (χ1v) is 10.8. The van der Waals surface area contributed by atoms with Gasteiger partial charge < -0.3 is 9.80 Å². The van der Waals surface area contributed by atoms with Crippen LogP contribution in [0.25, 0.3) is 0 Å². The summed E-state index contributed by atoms with van der Waals surface area (Å²) in [5.41, 5.74) is -4.55. The molecule has 202 valence electrons. The van der Waals surface area contributed by atoms with E-state index in [-0.39, 0.29) is 32.1 Å². The van der Waals surface area contributed by atoms with E-state index in [9.17, 15) is 44.7 Å². The summed E-state index contributed by atoms with van der Waals surface area (Å²) in [7, 11) is 0. The Kier molecular flexibility index (Phi) is 6.85. The van der Waals surface area contributed by atoms with Gasteiger partial charge >= 0.3 is 12.4 Å². The molecular weight excluding hydrogens is 522 g/mol. The van der Waals surface area contributed by atoms with Crippen molar-refractivity contribution in [3.8, 4) is 0 Å². The molecule has 4 heterocycles. The van der Waals surface area contributed by atoms with E-state index >= 15 is 0 Å². The number of halogens is 8. The molecule has 0 bridgehead atoms. The number of aromatic nitrogens is 4. The molecule has 0 aromatic carbocycles. The topological polar surface area (TPSA) is 98.3 Å². The largest absolute Gasteiger partial charge is 0.421 e. The molecule has 0 unspecified atom stereocenters. The van der Waals surface area contributed by atoms with Crippen LogP contribution < -0.4 is 10.5 Å². The van der Waals surface area contributed by atoms with Crippen molar-refractivity contribution in [1.82, 2.24) is 30.0 Å². The van der Waals surface area contributed by atoms with Gasteiger partial charge in [0.15, 0.2) is 0 Å². The summed E-state index contributed by atoms with van der Waals surface area (Å²) < 4.78 is 106. The van der Waals surface area contributed by atoms with Gasteiger partial charge in [-0.25, -0.2) is 23.8 Å². The Hall–Kier alpha value is -3.37. The fraction of sp³-hybridized carbons (Fsp3) is 0.550. The van der Waals surface area contributed by atoms with Crippen LogP contribution in [-0.2, 0) is 17.1 Å². The number of aromatic amines is 1. The van der Waals surface area contributed by atoms with Gasteiger partial charge in [-0.3, -0.25) is 14.5 Å². The predicted molar refractivity (Wildman–Crippen MR) is 110 cm³/mol. The minimum absolute atomic E-state index is 0.0314. The second kappa shape index (κ2) is 9.50. The van der Waals surface area contributed by atoms with E-state index in [0.717, 1.165) is 4.90 Å². The highest BCUT2D eigenvalue weighted by molar-refractivity contribution is 5.78. The van der Waals surface area contributed by atoms with E-state index in [1.165, 1.54) is 4.90 Å². The van der Waals surface area contributed by atoms with Crippen molar-refractivity contribution in [2.75, 3.05) is 44.2 Å². The highest BCUT2D eigenvalue weighted by atomic mass is 19.4. The number of likely N-dealkylation sites (tertiary alicyclic amines) is 1. The first-order chi connectivity index (χ1) is 17.1. The lowest BCUT2D eigenvalue weighted by Gasteiger charge is -2.36. The maximum absolute atomic E-state index is 14.2. The third-order valence-electron chi connectivity index (χ3n) is 6.06. The van der Waals surface area contributed by atoms with Gasteiger partial charge in [0.2, 0.25) is 11.9 Å². The molecule has 1 atom stereocenters. The van der Waals surface area contributed by atoms with Gasteiger partial charge in [-0.2, -0.15) is 31.4 Å². The van der Waals surface area contributed by atoms with Crippen LogP contribution in [0, 0.1) is 0 Å². The van der Waals surface area contributed by atoms with Crippen LogP contribution in [0.1, 0.15) is 29.3 Å². The van der Waals surface area contributed by atoms with Gasteiger partial charge in [0, 0.05) is 45.0 Å². The maximum atomic E-state index is 14.2. The zero-order chi connectivity index (χ0) is 27.2. The zero-order valence-electron chi connectivity index (χ0n) is 18.8. The van der Waals surface area contributed by atoms with Crippen molar-refractivity contribution in [3.63, 3.8) is 0 Å². The molecule has 2 aliphatic rings. The number of hydrogen-bond donors (Lipinski definition) is 1. The summed E-state index contributed by atoms with van der Waals surface area (Å²) in [4.78, 5) is 35.6. The SMILES string of the molecule is O=C(CN1CC(F)(F)C[C@H]1c1cc(C(F)(F)F)c(=O)[nH]n1)N1CCN(c2ncc(C(F)(F)F)cn2)CC1. The van der Waals surface area contributed by atoms with E-state index in [1.807, 2.05) is 0 Å². The van der Waals surface area contributed by atoms with E-state index in [2.05, 4.69) is 15.1 Å². The quantitative estimate of drug-likeness (QED) is 0.594. The molecule has 0 radical (unpaired) electrons. The average Bonchev–Trinajstić information content (AvgIpc) is 3.12. The molecule has 1 amide bonds. The highest BCUT2D eigenvalue weighted by Gasteiger charge is 2.48. The van der Waals surface area contributed by atoms with Gasteiger partial charge in [-0.05, 0) is 6.07 Å². The molecule has 0 saturated carbocycles. The van der Waals surface area contributed by atoms with Crippen LogP contribution in [0.4, 0.5) is 41.1 Å².